The van der Waals surface area contributed by atoms with E-state index in [2.05, 4.69) is 48.1 Å². The fourth-order valence-electron chi connectivity index (χ4n) is 3.50. The quantitative estimate of drug-likeness (QED) is 0.868. The van der Waals surface area contributed by atoms with Crippen molar-refractivity contribution in [1.82, 2.24) is 9.97 Å². The Labute approximate surface area is 108 Å². The summed E-state index contributed by atoms with van der Waals surface area (Å²) in [5, 5.41) is 0. The van der Waals surface area contributed by atoms with Crippen molar-refractivity contribution in [2.24, 2.45) is 0 Å². The lowest BCUT2D eigenvalue weighted by Gasteiger charge is -2.25. The fourth-order valence-corrected chi connectivity index (χ4v) is 3.50. The predicted octanol–water partition coefficient (Wildman–Crippen LogP) is 3.81. The van der Waals surface area contributed by atoms with Crippen LogP contribution in [-0.4, -0.2) is 9.97 Å². The minimum atomic E-state index is 0.254. The summed E-state index contributed by atoms with van der Waals surface area (Å²) in [6, 6.07) is 8.95. The molecule has 1 N–H and O–H groups in total. The van der Waals surface area contributed by atoms with Gasteiger partial charge in [0.1, 0.15) is 0 Å². The van der Waals surface area contributed by atoms with Crippen LogP contribution < -0.4 is 0 Å². The molecule has 1 aromatic heterocycles. The van der Waals surface area contributed by atoms with E-state index in [4.69, 9.17) is 0 Å². The van der Waals surface area contributed by atoms with E-state index in [9.17, 15) is 0 Å². The second-order valence-electron chi connectivity index (χ2n) is 5.71. The van der Waals surface area contributed by atoms with Crippen molar-refractivity contribution in [3.8, 4) is 0 Å². The molecule has 18 heavy (non-hydrogen) atoms. The lowest BCUT2D eigenvalue weighted by Crippen LogP contribution is -2.22. The monoisotopic (exact) mass is 240 g/mol. The molecule has 1 aliphatic carbocycles. The molecule has 2 heteroatoms. The number of benzene rings is 1. The molecule has 0 fully saturated rings. The van der Waals surface area contributed by atoms with E-state index in [1.165, 1.54) is 24.1 Å². The Bertz CT molecular complexity index is 530. The van der Waals surface area contributed by atoms with Crippen LogP contribution in [0.2, 0.25) is 0 Å². The molecule has 3 rings (SSSR count). The SMILES string of the molecule is CCC1CC(C)(Cc2cnc[nH]2)c2ccccc21. The van der Waals surface area contributed by atoms with Crippen LogP contribution in [0.25, 0.3) is 0 Å². The van der Waals surface area contributed by atoms with Crippen LogP contribution in [0.4, 0.5) is 0 Å². The van der Waals surface area contributed by atoms with Crippen molar-refractivity contribution in [1.29, 1.82) is 0 Å². The van der Waals surface area contributed by atoms with Crippen molar-refractivity contribution in [3.05, 3.63) is 53.6 Å². The maximum atomic E-state index is 4.13. The summed E-state index contributed by atoms with van der Waals surface area (Å²) in [5.74, 6) is 0.717. The Hall–Kier alpha value is -1.57. The van der Waals surface area contributed by atoms with Gasteiger partial charge in [-0.3, -0.25) is 0 Å². The van der Waals surface area contributed by atoms with E-state index in [-0.39, 0.29) is 5.41 Å². The molecule has 2 aromatic rings. The Kier molecular flexibility index (Phi) is 2.73. The first-order valence-electron chi connectivity index (χ1n) is 6.79. The van der Waals surface area contributed by atoms with E-state index in [1.807, 2.05) is 6.20 Å². The molecule has 0 aliphatic heterocycles. The van der Waals surface area contributed by atoms with Crippen LogP contribution in [0.5, 0.6) is 0 Å². The molecule has 0 saturated heterocycles. The Morgan fingerprint density at radius 1 is 1.39 bits per heavy atom. The van der Waals surface area contributed by atoms with E-state index in [0.717, 1.165) is 6.42 Å². The van der Waals surface area contributed by atoms with Crippen LogP contribution in [0, 0.1) is 0 Å². The van der Waals surface area contributed by atoms with Crippen LogP contribution in [0.3, 0.4) is 0 Å². The normalized spacial score (nSPS) is 26.2. The molecule has 2 atom stereocenters. The zero-order chi connectivity index (χ0) is 12.6. The van der Waals surface area contributed by atoms with E-state index in [0.29, 0.717) is 5.92 Å². The standard InChI is InChI=1S/C16H20N2/c1-3-12-8-16(2,9-13-10-17-11-18-13)15-7-5-4-6-14(12)15/h4-7,10-12H,3,8-9H2,1-2H3,(H,17,18). The molecule has 0 saturated carbocycles. The molecule has 2 unspecified atom stereocenters. The highest BCUT2D eigenvalue weighted by Crippen LogP contribution is 2.48. The number of rotatable bonds is 3. The molecule has 0 spiro atoms. The first kappa shape index (κ1) is 11.5. The summed E-state index contributed by atoms with van der Waals surface area (Å²) >= 11 is 0. The third kappa shape index (κ3) is 1.76. The summed E-state index contributed by atoms with van der Waals surface area (Å²) in [6.07, 6.45) is 7.27. The van der Waals surface area contributed by atoms with Gasteiger partial charge in [-0.15, -0.1) is 0 Å². The smallest absolute Gasteiger partial charge is 0.0921 e. The van der Waals surface area contributed by atoms with Gasteiger partial charge in [-0.2, -0.15) is 0 Å². The Balaban J connectivity index is 1.98. The summed E-state index contributed by atoms with van der Waals surface area (Å²) < 4.78 is 0. The Morgan fingerprint density at radius 3 is 2.94 bits per heavy atom. The van der Waals surface area contributed by atoms with Gasteiger partial charge in [0.2, 0.25) is 0 Å². The average molecular weight is 240 g/mol. The number of aromatic nitrogens is 2. The number of hydrogen-bond donors (Lipinski definition) is 1. The number of nitrogens with one attached hydrogen (secondary N) is 1. The van der Waals surface area contributed by atoms with Crippen molar-refractivity contribution in [3.63, 3.8) is 0 Å². The molecule has 1 heterocycles. The molecule has 0 radical (unpaired) electrons. The van der Waals surface area contributed by atoms with Crippen LogP contribution >= 0.6 is 0 Å². The topological polar surface area (TPSA) is 28.7 Å². The molecule has 1 aliphatic rings. The summed E-state index contributed by atoms with van der Waals surface area (Å²) in [7, 11) is 0. The van der Waals surface area contributed by atoms with Crippen LogP contribution in [0.1, 0.15) is 49.4 Å². The maximum Gasteiger partial charge on any atom is 0.0921 e. The lowest BCUT2D eigenvalue weighted by atomic mass is 9.79. The second kappa shape index (κ2) is 4.27. The minimum Gasteiger partial charge on any atom is -0.348 e. The van der Waals surface area contributed by atoms with Crippen molar-refractivity contribution in [2.45, 2.75) is 44.4 Å². The number of imidazole rings is 1. The zero-order valence-electron chi connectivity index (χ0n) is 11.1. The van der Waals surface area contributed by atoms with Gasteiger partial charge >= 0.3 is 0 Å². The molecule has 1 aromatic carbocycles. The third-order valence-electron chi connectivity index (χ3n) is 4.38. The van der Waals surface area contributed by atoms with Gasteiger partial charge in [0.05, 0.1) is 6.33 Å². The molecular formula is C16H20N2. The van der Waals surface area contributed by atoms with Crippen LogP contribution in [-0.2, 0) is 11.8 Å². The number of H-pyrrole nitrogens is 1. The molecule has 0 amide bonds. The maximum absolute atomic E-state index is 4.13. The van der Waals surface area contributed by atoms with E-state index in [1.54, 1.807) is 11.9 Å². The van der Waals surface area contributed by atoms with E-state index < -0.39 is 0 Å². The fraction of sp³-hybridized carbons (Fsp3) is 0.438. The largest absolute Gasteiger partial charge is 0.348 e. The third-order valence-corrected chi connectivity index (χ3v) is 4.38. The highest BCUT2D eigenvalue weighted by molar-refractivity contribution is 5.42. The second-order valence-corrected chi connectivity index (χ2v) is 5.71. The lowest BCUT2D eigenvalue weighted by molar-refractivity contribution is 0.423. The van der Waals surface area contributed by atoms with Crippen LogP contribution in [0.15, 0.2) is 36.8 Å². The van der Waals surface area contributed by atoms with E-state index >= 15 is 0 Å². The summed E-state index contributed by atoms with van der Waals surface area (Å²) in [6.45, 7) is 4.69. The number of aromatic amines is 1. The average Bonchev–Trinajstić information content (AvgIpc) is 2.97. The van der Waals surface area contributed by atoms with Gasteiger partial charge in [0.25, 0.3) is 0 Å². The summed E-state index contributed by atoms with van der Waals surface area (Å²) in [4.78, 5) is 7.38. The molecule has 94 valence electrons. The first-order valence-corrected chi connectivity index (χ1v) is 6.79. The van der Waals surface area contributed by atoms with Crippen molar-refractivity contribution >= 4 is 0 Å². The highest BCUT2D eigenvalue weighted by atomic mass is 14.9. The minimum absolute atomic E-state index is 0.254. The number of hydrogen-bond acceptors (Lipinski definition) is 1. The predicted molar refractivity (Wildman–Crippen MR) is 73.7 cm³/mol. The van der Waals surface area contributed by atoms with Gasteiger partial charge in [-0.25, -0.2) is 4.98 Å². The van der Waals surface area contributed by atoms with Gasteiger partial charge in [0.15, 0.2) is 0 Å². The number of fused-ring (bicyclic) bond motifs is 1. The first-order chi connectivity index (χ1) is 8.73. The van der Waals surface area contributed by atoms with Gasteiger partial charge in [0, 0.05) is 11.9 Å². The Morgan fingerprint density at radius 2 is 2.22 bits per heavy atom. The van der Waals surface area contributed by atoms with Gasteiger partial charge in [-0.05, 0) is 41.7 Å². The molecule has 0 bridgehead atoms. The van der Waals surface area contributed by atoms with Gasteiger partial charge in [-0.1, -0.05) is 38.1 Å². The molecule has 2 nitrogen and oxygen atoms in total. The summed E-state index contributed by atoms with van der Waals surface area (Å²) in [5.41, 5.74) is 4.58. The zero-order valence-corrected chi connectivity index (χ0v) is 11.1. The van der Waals surface area contributed by atoms with Gasteiger partial charge < -0.3 is 4.98 Å². The van der Waals surface area contributed by atoms with Crippen molar-refractivity contribution in [2.75, 3.05) is 0 Å². The highest BCUT2D eigenvalue weighted by Gasteiger charge is 2.39. The molecular weight excluding hydrogens is 220 g/mol. The van der Waals surface area contributed by atoms with Crippen molar-refractivity contribution < 1.29 is 0 Å². The number of nitrogens with zero attached hydrogens (tertiary/aromatic N) is 1.